The number of aromatic hydroxyl groups is 1. The highest BCUT2D eigenvalue weighted by Crippen LogP contribution is 2.53. The fourth-order valence-electron chi connectivity index (χ4n) is 8.57. The highest BCUT2D eigenvalue weighted by atomic mass is 16.5. The van der Waals surface area contributed by atoms with Gasteiger partial charge in [-0.2, -0.15) is 0 Å². The number of benzene rings is 9. The molecule has 0 spiro atoms. The summed E-state index contributed by atoms with van der Waals surface area (Å²) in [6, 6.07) is 69.0. The van der Waals surface area contributed by atoms with Crippen molar-refractivity contribution < 1.29 is 9.84 Å². The lowest BCUT2D eigenvalue weighted by Gasteiger charge is -2.33. The van der Waals surface area contributed by atoms with Crippen LogP contribution in [-0.2, 0) is 0 Å². The Morgan fingerprint density at radius 2 is 1.12 bits per heavy atom. The SMILES string of the molecule is Oc1ccccc1N(c1ccccc1)c1ccc2c(-c3ccc4ccccc4c3)c3cc(N4c5ccccc5Oc5ccccc54)ccc3c(-c3ccccn3)c2c1. The number of pyridine rings is 1. The molecule has 0 unspecified atom stereocenters. The Morgan fingerprint density at radius 3 is 1.90 bits per heavy atom. The number of ether oxygens (including phenoxy) is 1. The number of aromatic nitrogens is 1. The molecule has 10 aromatic rings. The highest BCUT2D eigenvalue weighted by molar-refractivity contribution is 6.22. The predicted molar refractivity (Wildman–Crippen MR) is 239 cm³/mol. The van der Waals surface area contributed by atoms with Gasteiger partial charge in [-0.05, 0) is 134 Å². The van der Waals surface area contributed by atoms with E-state index in [1.807, 2.05) is 72.9 Å². The summed E-state index contributed by atoms with van der Waals surface area (Å²) in [5, 5.41) is 18.0. The molecule has 1 N–H and O–H groups in total. The van der Waals surface area contributed by atoms with Gasteiger partial charge in [0.05, 0.1) is 22.8 Å². The van der Waals surface area contributed by atoms with Crippen LogP contribution >= 0.6 is 0 Å². The molecule has 0 amide bonds. The van der Waals surface area contributed by atoms with Gasteiger partial charge in [0.25, 0.3) is 0 Å². The molecule has 0 bridgehead atoms. The lowest BCUT2D eigenvalue weighted by Crippen LogP contribution is -2.15. The van der Waals surface area contributed by atoms with Crippen LogP contribution in [0.5, 0.6) is 17.2 Å². The average molecular weight is 746 g/mol. The zero-order valence-corrected chi connectivity index (χ0v) is 31.3. The number of hydrogen-bond donors (Lipinski definition) is 1. The number of hydrogen-bond acceptors (Lipinski definition) is 5. The second-order valence-electron chi connectivity index (χ2n) is 14.5. The van der Waals surface area contributed by atoms with Crippen molar-refractivity contribution in [3.8, 4) is 39.6 Å². The summed E-state index contributed by atoms with van der Waals surface area (Å²) in [5.41, 5.74) is 9.70. The van der Waals surface area contributed by atoms with Crippen LogP contribution in [0.25, 0.3) is 54.7 Å². The second kappa shape index (κ2) is 13.7. The molecule has 1 aliphatic heterocycles. The maximum absolute atomic E-state index is 11.3. The highest BCUT2D eigenvalue weighted by Gasteiger charge is 2.27. The molecule has 0 fully saturated rings. The summed E-state index contributed by atoms with van der Waals surface area (Å²) in [6.07, 6.45) is 1.86. The zero-order valence-electron chi connectivity index (χ0n) is 31.3. The number of nitrogens with zero attached hydrogens (tertiary/aromatic N) is 3. The zero-order chi connectivity index (χ0) is 38.6. The molecule has 0 saturated carbocycles. The molecule has 1 aliphatic rings. The van der Waals surface area contributed by atoms with Crippen LogP contribution in [0.1, 0.15) is 0 Å². The van der Waals surface area contributed by atoms with E-state index in [0.717, 1.165) is 83.9 Å². The van der Waals surface area contributed by atoms with Crippen molar-refractivity contribution >= 4 is 66.4 Å². The van der Waals surface area contributed by atoms with E-state index in [-0.39, 0.29) is 5.75 Å². The third kappa shape index (κ3) is 5.52. The first-order chi connectivity index (χ1) is 28.7. The minimum absolute atomic E-state index is 0.200. The molecule has 9 aromatic carbocycles. The van der Waals surface area contributed by atoms with Gasteiger partial charge in [0.15, 0.2) is 11.5 Å². The maximum Gasteiger partial charge on any atom is 0.151 e. The smallest absolute Gasteiger partial charge is 0.151 e. The molecule has 11 rings (SSSR count). The first kappa shape index (κ1) is 33.4. The average Bonchev–Trinajstić information content (AvgIpc) is 3.28. The number of para-hydroxylation sites is 7. The molecular formula is C53H35N3O2. The summed E-state index contributed by atoms with van der Waals surface area (Å²) >= 11 is 0. The van der Waals surface area contributed by atoms with E-state index in [2.05, 4.69) is 137 Å². The second-order valence-corrected chi connectivity index (χ2v) is 14.5. The van der Waals surface area contributed by atoms with E-state index in [4.69, 9.17) is 9.72 Å². The predicted octanol–water partition coefficient (Wildman–Crippen LogP) is 14.6. The van der Waals surface area contributed by atoms with Crippen molar-refractivity contribution in [2.75, 3.05) is 9.80 Å². The minimum Gasteiger partial charge on any atom is -0.506 e. The summed E-state index contributed by atoms with van der Waals surface area (Å²) in [5.74, 6) is 1.82. The molecule has 0 radical (unpaired) electrons. The molecule has 274 valence electrons. The van der Waals surface area contributed by atoms with Gasteiger partial charge in [0, 0.05) is 28.8 Å². The quantitative estimate of drug-likeness (QED) is 0.172. The van der Waals surface area contributed by atoms with Crippen molar-refractivity contribution in [2.45, 2.75) is 0 Å². The van der Waals surface area contributed by atoms with Gasteiger partial charge in [-0.1, -0.05) is 109 Å². The Labute approximate surface area is 335 Å². The summed E-state index contributed by atoms with van der Waals surface area (Å²) in [7, 11) is 0. The molecule has 0 atom stereocenters. The molecule has 2 heterocycles. The van der Waals surface area contributed by atoms with Crippen molar-refractivity contribution in [3.63, 3.8) is 0 Å². The normalized spacial score (nSPS) is 12.0. The molecule has 0 saturated heterocycles. The number of phenolic OH excluding ortho intramolecular Hbond substituents is 1. The van der Waals surface area contributed by atoms with Gasteiger partial charge in [-0.15, -0.1) is 0 Å². The Morgan fingerprint density at radius 1 is 0.466 bits per heavy atom. The van der Waals surface area contributed by atoms with Gasteiger partial charge in [0.2, 0.25) is 0 Å². The lowest BCUT2D eigenvalue weighted by molar-refractivity contribution is 0.476. The standard InChI is InChI=1S/C53H35N3O2/c57-49-22-9-6-19-46(49)55(38-16-2-1-3-17-38)39-27-29-41-44(33-39)53(45-18-12-13-31-54-45)42-30-28-40(34-43(42)52(41)37-26-25-35-14-4-5-15-36(35)32-37)56-47-20-7-10-23-50(47)58-51-24-11-8-21-48(51)56/h1-34,57H. The van der Waals surface area contributed by atoms with Crippen LogP contribution in [0.4, 0.5) is 34.1 Å². The monoisotopic (exact) mass is 745 g/mol. The summed E-state index contributed by atoms with van der Waals surface area (Å²) in [6.45, 7) is 0. The van der Waals surface area contributed by atoms with Crippen LogP contribution in [0.3, 0.4) is 0 Å². The van der Waals surface area contributed by atoms with Crippen LogP contribution < -0.4 is 14.5 Å². The number of anilines is 6. The largest absolute Gasteiger partial charge is 0.506 e. The number of rotatable bonds is 6. The fourth-order valence-corrected chi connectivity index (χ4v) is 8.57. The van der Waals surface area contributed by atoms with Crippen LogP contribution in [-0.4, -0.2) is 10.1 Å². The third-order valence-corrected chi connectivity index (χ3v) is 11.1. The minimum atomic E-state index is 0.200. The summed E-state index contributed by atoms with van der Waals surface area (Å²) < 4.78 is 6.42. The number of phenols is 1. The Hall–Kier alpha value is -7.89. The Kier molecular flexibility index (Phi) is 7.90. The van der Waals surface area contributed by atoms with Crippen LogP contribution in [0, 0.1) is 0 Å². The van der Waals surface area contributed by atoms with E-state index in [9.17, 15) is 5.11 Å². The third-order valence-electron chi connectivity index (χ3n) is 11.1. The summed E-state index contributed by atoms with van der Waals surface area (Å²) in [4.78, 5) is 9.41. The number of fused-ring (bicyclic) bond motifs is 5. The molecule has 1 aromatic heterocycles. The van der Waals surface area contributed by atoms with Crippen molar-refractivity contribution in [2.24, 2.45) is 0 Å². The van der Waals surface area contributed by atoms with Gasteiger partial charge in [-0.25, -0.2) is 0 Å². The fraction of sp³-hybridized carbons (Fsp3) is 0. The van der Waals surface area contributed by atoms with Gasteiger partial charge >= 0.3 is 0 Å². The Bertz CT molecular complexity index is 3140. The van der Waals surface area contributed by atoms with E-state index in [1.54, 1.807) is 6.07 Å². The van der Waals surface area contributed by atoms with E-state index < -0.39 is 0 Å². The molecule has 58 heavy (non-hydrogen) atoms. The Balaban J connectivity index is 1.25. The van der Waals surface area contributed by atoms with Gasteiger partial charge in [-0.3, -0.25) is 4.98 Å². The van der Waals surface area contributed by atoms with Gasteiger partial charge in [0.1, 0.15) is 5.75 Å². The molecule has 5 nitrogen and oxygen atoms in total. The van der Waals surface area contributed by atoms with Gasteiger partial charge < -0.3 is 19.6 Å². The van der Waals surface area contributed by atoms with E-state index in [1.165, 1.54) is 10.8 Å². The topological polar surface area (TPSA) is 48.8 Å². The molecular weight excluding hydrogens is 711 g/mol. The lowest BCUT2D eigenvalue weighted by atomic mass is 9.86. The molecule has 5 heteroatoms. The van der Waals surface area contributed by atoms with Crippen molar-refractivity contribution in [1.29, 1.82) is 0 Å². The van der Waals surface area contributed by atoms with Crippen molar-refractivity contribution in [3.05, 3.63) is 206 Å². The first-order valence-electron chi connectivity index (χ1n) is 19.4. The van der Waals surface area contributed by atoms with Crippen LogP contribution in [0.15, 0.2) is 206 Å². The maximum atomic E-state index is 11.3. The first-order valence-corrected chi connectivity index (χ1v) is 19.4. The van der Waals surface area contributed by atoms with Crippen LogP contribution in [0.2, 0.25) is 0 Å². The van der Waals surface area contributed by atoms with E-state index >= 15 is 0 Å². The van der Waals surface area contributed by atoms with E-state index in [0.29, 0.717) is 5.69 Å². The molecule has 0 aliphatic carbocycles. The van der Waals surface area contributed by atoms with Crippen molar-refractivity contribution in [1.82, 2.24) is 4.98 Å².